The summed E-state index contributed by atoms with van der Waals surface area (Å²) in [6.45, 7) is -0.563. The summed E-state index contributed by atoms with van der Waals surface area (Å²) in [4.78, 5) is 9.72. The zero-order valence-corrected chi connectivity index (χ0v) is 4.74. The molecule has 54 valence electrons. The topological polar surface area (TPSA) is 89.8 Å². The fourth-order valence-electron chi connectivity index (χ4n) is 0.270. The van der Waals surface area contributed by atoms with Crippen LogP contribution in [0.3, 0.4) is 0 Å². The minimum atomic E-state index is -1.21. The molecule has 0 aliphatic carbocycles. The monoisotopic (exact) mass is 135 g/mol. The van der Waals surface area contributed by atoms with E-state index in [2.05, 4.69) is 0 Å². The van der Waals surface area contributed by atoms with E-state index < -0.39 is 18.8 Å². The summed E-state index contributed by atoms with van der Waals surface area (Å²) in [5.74, 6) is 0. The van der Waals surface area contributed by atoms with E-state index in [1.807, 2.05) is 5.32 Å². The summed E-state index contributed by atoms with van der Waals surface area (Å²) in [5, 5.41) is 26.6. The molecular weight excluding hydrogens is 126 g/mol. The minimum absolute atomic E-state index is 0.133. The van der Waals surface area contributed by atoms with Crippen LogP contribution in [-0.4, -0.2) is 40.7 Å². The maximum Gasteiger partial charge on any atom is 0.404 e. The van der Waals surface area contributed by atoms with E-state index in [9.17, 15) is 4.79 Å². The van der Waals surface area contributed by atoms with E-state index in [1.165, 1.54) is 0 Å². The Labute approximate surface area is 51.9 Å². The quantitative estimate of drug-likeness (QED) is 0.383. The lowest BCUT2D eigenvalue weighted by Gasteiger charge is -2.04. The summed E-state index contributed by atoms with van der Waals surface area (Å²) in [7, 11) is 0. The van der Waals surface area contributed by atoms with Crippen molar-refractivity contribution >= 4 is 6.09 Å². The van der Waals surface area contributed by atoms with E-state index >= 15 is 0 Å². The molecule has 4 N–H and O–H groups in total. The van der Waals surface area contributed by atoms with Gasteiger partial charge in [0.15, 0.2) is 0 Å². The first kappa shape index (κ1) is 8.19. The van der Waals surface area contributed by atoms with Crippen molar-refractivity contribution in [2.75, 3.05) is 13.2 Å². The number of hydrogen-bond donors (Lipinski definition) is 4. The van der Waals surface area contributed by atoms with Gasteiger partial charge in [-0.05, 0) is 0 Å². The summed E-state index contributed by atoms with van der Waals surface area (Å²) in [6, 6.07) is 0. The number of nitrogens with one attached hydrogen (secondary N) is 1. The second-order valence-electron chi connectivity index (χ2n) is 1.52. The average Bonchev–Trinajstić information content (AvgIpc) is 1.83. The maximum absolute atomic E-state index is 9.72. The molecule has 0 aliphatic rings. The van der Waals surface area contributed by atoms with Gasteiger partial charge in [0.25, 0.3) is 0 Å². The minimum Gasteiger partial charge on any atom is -0.465 e. The van der Waals surface area contributed by atoms with Gasteiger partial charge in [-0.2, -0.15) is 0 Å². The van der Waals surface area contributed by atoms with Gasteiger partial charge in [-0.3, -0.25) is 0 Å². The third kappa shape index (κ3) is 5.05. The molecular formula is C4H9NO4. The number of carbonyl (C=O) groups is 1. The Hall–Kier alpha value is -0.810. The number of aliphatic hydroxyl groups excluding tert-OH is 2. The Morgan fingerprint density at radius 3 is 2.56 bits per heavy atom. The van der Waals surface area contributed by atoms with Crippen molar-refractivity contribution in [1.29, 1.82) is 0 Å². The number of carboxylic acid groups (broad SMARTS) is 1. The average molecular weight is 135 g/mol. The van der Waals surface area contributed by atoms with E-state index in [-0.39, 0.29) is 6.54 Å². The fraction of sp³-hybridized carbons (Fsp3) is 0.750. The molecule has 0 aromatic rings. The molecule has 5 nitrogen and oxygen atoms in total. The Balaban J connectivity index is 3.16. The molecule has 0 aromatic heterocycles. The second kappa shape index (κ2) is 4.11. The highest BCUT2D eigenvalue weighted by atomic mass is 16.4. The Kier molecular flexibility index (Phi) is 3.74. The SMILES string of the molecule is O=C(O)NC[C@H](O)CO. The molecule has 0 radical (unpaired) electrons. The normalized spacial score (nSPS) is 12.7. The standard InChI is InChI=1S/C4H9NO4/c6-2-3(7)1-5-4(8)9/h3,5-7H,1-2H2,(H,8,9)/t3-/m0/s1. The first-order valence-corrected chi connectivity index (χ1v) is 2.42. The van der Waals surface area contributed by atoms with Gasteiger partial charge in [-0.1, -0.05) is 0 Å². The molecule has 9 heavy (non-hydrogen) atoms. The molecule has 0 heterocycles. The number of rotatable bonds is 3. The molecule has 0 aromatic carbocycles. The summed E-state index contributed by atoms with van der Waals surface area (Å²) < 4.78 is 0. The van der Waals surface area contributed by atoms with Crippen LogP contribution in [0.25, 0.3) is 0 Å². The van der Waals surface area contributed by atoms with Crippen molar-refractivity contribution in [3.05, 3.63) is 0 Å². The molecule has 0 spiro atoms. The van der Waals surface area contributed by atoms with Crippen molar-refractivity contribution in [3.63, 3.8) is 0 Å². The number of amides is 1. The second-order valence-corrected chi connectivity index (χ2v) is 1.52. The molecule has 5 heteroatoms. The summed E-state index contributed by atoms with van der Waals surface area (Å²) >= 11 is 0. The zero-order valence-electron chi connectivity index (χ0n) is 4.74. The van der Waals surface area contributed by atoms with Gasteiger partial charge in [0.2, 0.25) is 0 Å². The van der Waals surface area contributed by atoms with Gasteiger partial charge in [0, 0.05) is 6.54 Å². The predicted molar refractivity (Wildman–Crippen MR) is 29.1 cm³/mol. The van der Waals surface area contributed by atoms with E-state index in [0.717, 1.165) is 0 Å². The summed E-state index contributed by atoms with van der Waals surface area (Å²) in [6.07, 6.45) is -2.20. The van der Waals surface area contributed by atoms with Crippen LogP contribution in [0.1, 0.15) is 0 Å². The van der Waals surface area contributed by atoms with Crippen molar-refractivity contribution in [2.45, 2.75) is 6.10 Å². The molecule has 0 aliphatic heterocycles. The summed E-state index contributed by atoms with van der Waals surface area (Å²) in [5.41, 5.74) is 0. The first-order chi connectivity index (χ1) is 4.16. The van der Waals surface area contributed by atoms with E-state index in [0.29, 0.717) is 0 Å². The maximum atomic E-state index is 9.72. The van der Waals surface area contributed by atoms with Gasteiger partial charge >= 0.3 is 6.09 Å². The lowest BCUT2D eigenvalue weighted by molar-refractivity contribution is 0.0931. The van der Waals surface area contributed by atoms with Crippen molar-refractivity contribution in [2.24, 2.45) is 0 Å². The highest BCUT2D eigenvalue weighted by molar-refractivity contribution is 5.64. The van der Waals surface area contributed by atoms with Crippen LogP contribution in [0.4, 0.5) is 4.79 Å². The van der Waals surface area contributed by atoms with E-state index in [1.54, 1.807) is 0 Å². The lowest BCUT2D eigenvalue weighted by Crippen LogP contribution is -2.32. The van der Waals surface area contributed by atoms with Gasteiger partial charge in [-0.25, -0.2) is 4.79 Å². The highest BCUT2D eigenvalue weighted by Crippen LogP contribution is 1.75. The Morgan fingerprint density at radius 2 is 2.22 bits per heavy atom. The predicted octanol–water partition coefficient (Wildman–Crippen LogP) is -1.39. The van der Waals surface area contributed by atoms with Crippen LogP contribution in [-0.2, 0) is 0 Å². The number of hydrogen-bond acceptors (Lipinski definition) is 3. The molecule has 0 bridgehead atoms. The molecule has 1 atom stereocenters. The largest absolute Gasteiger partial charge is 0.465 e. The van der Waals surface area contributed by atoms with E-state index in [4.69, 9.17) is 15.3 Å². The van der Waals surface area contributed by atoms with Crippen LogP contribution in [0, 0.1) is 0 Å². The third-order valence-electron chi connectivity index (χ3n) is 0.700. The van der Waals surface area contributed by atoms with Crippen LogP contribution in [0.15, 0.2) is 0 Å². The van der Waals surface area contributed by atoms with Gasteiger partial charge in [0.1, 0.15) is 0 Å². The van der Waals surface area contributed by atoms with Crippen molar-refractivity contribution in [3.8, 4) is 0 Å². The van der Waals surface area contributed by atoms with Crippen LogP contribution < -0.4 is 5.32 Å². The lowest BCUT2D eigenvalue weighted by atomic mass is 10.4. The molecule has 1 amide bonds. The van der Waals surface area contributed by atoms with Crippen LogP contribution >= 0.6 is 0 Å². The van der Waals surface area contributed by atoms with Gasteiger partial charge in [0.05, 0.1) is 12.7 Å². The Morgan fingerprint density at radius 1 is 1.67 bits per heavy atom. The van der Waals surface area contributed by atoms with Crippen LogP contribution in [0.2, 0.25) is 0 Å². The molecule has 0 saturated carbocycles. The van der Waals surface area contributed by atoms with Gasteiger partial charge < -0.3 is 20.6 Å². The number of aliphatic hydroxyl groups is 2. The molecule has 0 fully saturated rings. The molecule has 0 unspecified atom stereocenters. The smallest absolute Gasteiger partial charge is 0.404 e. The zero-order chi connectivity index (χ0) is 7.28. The van der Waals surface area contributed by atoms with Crippen molar-refractivity contribution < 1.29 is 20.1 Å². The molecule has 0 rings (SSSR count). The first-order valence-electron chi connectivity index (χ1n) is 2.42. The van der Waals surface area contributed by atoms with Crippen LogP contribution in [0.5, 0.6) is 0 Å². The molecule has 0 saturated heterocycles. The Bertz CT molecular complexity index is 94.6. The third-order valence-corrected chi connectivity index (χ3v) is 0.700. The highest BCUT2D eigenvalue weighted by Gasteiger charge is 2.01. The fourth-order valence-corrected chi connectivity index (χ4v) is 0.270. The van der Waals surface area contributed by atoms with Gasteiger partial charge in [-0.15, -0.1) is 0 Å². The van der Waals surface area contributed by atoms with Crippen molar-refractivity contribution in [1.82, 2.24) is 5.32 Å².